The van der Waals surface area contributed by atoms with Crippen LogP contribution in [-0.2, 0) is 62.0 Å². The first-order chi connectivity index (χ1) is 35.9. The Hall–Kier alpha value is -3.27. The van der Waals surface area contributed by atoms with Crippen molar-refractivity contribution in [1.82, 2.24) is 0 Å². The van der Waals surface area contributed by atoms with Gasteiger partial charge in [-0.05, 0) is 38.5 Å². The molecule has 74 heavy (non-hydrogen) atoms. The molecular formula is C59H103NO14. The number of amides is 3. The first-order valence-electron chi connectivity index (χ1n) is 30.1. The number of unbranched alkanes of at least 4 members (excludes halogenated alkanes) is 29. The number of likely N-dealkylation sites (tertiary alicyclic amines) is 1. The van der Waals surface area contributed by atoms with E-state index in [0.717, 1.165) is 116 Å². The summed E-state index contributed by atoms with van der Waals surface area (Å²) in [6, 6.07) is 0. The zero-order chi connectivity index (χ0) is 54.1. The molecule has 428 valence electrons. The lowest BCUT2D eigenvalue weighted by atomic mass is 9.97. The van der Waals surface area contributed by atoms with Gasteiger partial charge in [0.25, 0.3) is 0 Å². The fraction of sp³-hybridized carbons (Fsp3) is 0.881. The van der Waals surface area contributed by atoms with Crippen molar-refractivity contribution >= 4 is 41.6 Å². The number of carbonyl (C=O) groups is 7. The molecule has 0 spiro atoms. The maximum Gasteiger partial charge on any atom is 0.329 e. The van der Waals surface area contributed by atoms with E-state index in [1.54, 1.807) is 0 Å². The van der Waals surface area contributed by atoms with Crippen LogP contribution in [0.3, 0.4) is 0 Å². The van der Waals surface area contributed by atoms with Gasteiger partial charge in [0.2, 0.25) is 0 Å². The number of hydrogen-bond donors (Lipinski definition) is 0. The summed E-state index contributed by atoms with van der Waals surface area (Å²) in [5.41, 5.74) is 0. The third-order valence-electron chi connectivity index (χ3n) is 14.4. The minimum Gasteiger partial charge on any atom is -0.610 e. The van der Waals surface area contributed by atoms with Crippen LogP contribution in [0.25, 0.3) is 0 Å². The number of hydroxylamine groups is 3. The van der Waals surface area contributed by atoms with E-state index in [9.17, 15) is 38.8 Å². The van der Waals surface area contributed by atoms with Gasteiger partial charge in [-0.1, -0.05) is 207 Å². The van der Waals surface area contributed by atoms with Gasteiger partial charge in [0.1, 0.15) is 12.7 Å². The molecule has 2 saturated heterocycles. The Morgan fingerprint density at radius 2 is 0.757 bits per heavy atom. The third kappa shape index (κ3) is 28.7. The van der Waals surface area contributed by atoms with Gasteiger partial charge >= 0.3 is 41.6 Å². The molecule has 15 nitrogen and oxygen atoms in total. The molecule has 0 aliphatic carbocycles. The molecule has 5 atom stereocenters. The summed E-state index contributed by atoms with van der Waals surface area (Å²) < 4.78 is 35.1. The molecule has 15 heteroatoms. The molecule has 0 radical (unpaired) electrons. The first kappa shape index (κ1) is 66.8. The Balaban J connectivity index is 2.40. The number of carbonyl (C=O) groups excluding carboxylic acids is 7. The highest BCUT2D eigenvalue weighted by Crippen LogP contribution is 2.32. The Bertz CT molecular complexity index is 1540. The smallest absolute Gasteiger partial charge is 0.329 e. The van der Waals surface area contributed by atoms with E-state index < -0.39 is 77.0 Å². The van der Waals surface area contributed by atoms with Crippen LogP contribution in [0.4, 0.5) is 0 Å². The molecule has 0 aromatic carbocycles. The van der Waals surface area contributed by atoms with E-state index in [4.69, 9.17) is 28.4 Å². The van der Waals surface area contributed by atoms with Crippen LogP contribution in [0.1, 0.15) is 291 Å². The molecule has 0 unspecified atom stereocenters. The fourth-order valence-corrected chi connectivity index (χ4v) is 9.72. The molecular weight excluding hydrogens is 947 g/mol. The van der Waals surface area contributed by atoms with Crippen molar-refractivity contribution in [3.8, 4) is 0 Å². The number of ether oxygens (including phenoxy) is 6. The molecule has 2 aliphatic rings. The molecule has 2 fully saturated rings. The molecule has 0 aromatic heterocycles. The van der Waals surface area contributed by atoms with Gasteiger partial charge < -0.3 is 33.6 Å². The van der Waals surface area contributed by atoms with E-state index in [-0.39, 0.29) is 71.0 Å². The van der Waals surface area contributed by atoms with Crippen molar-refractivity contribution in [2.75, 3.05) is 13.2 Å². The molecule has 0 bridgehead atoms. The van der Waals surface area contributed by atoms with Gasteiger partial charge in [-0.3, -0.25) is 19.2 Å². The highest BCUT2D eigenvalue weighted by Gasteiger charge is 2.53. The van der Waals surface area contributed by atoms with Gasteiger partial charge in [0.15, 0.2) is 24.6 Å². The van der Waals surface area contributed by atoms with Crippen molar-refractivity contribution in [2.45, 2.75) is 322 Å². The largest absolute Gasteiger partial charge is 0.610 e. The lowest BCUT2D eigenvalue weighted by Gasteiger charge is -2.44. The minimum atomic E-state index is -2.09. The zero-order valence-corrected chi connectivity index (χ0v) is 47.0. The summed E-state index contributed by atoms with van der Waals surface area (Å²) in [7, 11) is 0. The number of hydrogen-bond acceptors (Lipinski definition) is 14. The second-order valence-electron chi connectivity index (χ2n) is 21.1. The first-order valence-corrected chi connectivity index (χ1v) is 30.1. The number of imide groups is 3. The topological polar surface area (TPSA) is 198 Å². The summed E-state index contributed by atoms with van der Waals surface area (Å²) in [6.07, 6.45) is 25.9. The lowest BCUT2D eigenvalue weighted by Crippen LogP contribution is -2.63. The molecule has 0 saturated carbocycles. The Kier molecular flexibility index (Phi) is 38.7. The summed E-state index contributed by atoms with van der Waals surface area (Å²) in [4.78, 5) is 92.2. The Morgan fingerprint density at radius 1 is 0.432 bits per heavy atom. The molecule has 2 heterocycles. The molecule has 2 aliphatic heterocycles. The van der Waals surface area contributed by atoms with Crippen molar-refractivity contribution in [3.63, 3.8) is 0 Å². The number of esters is 4. The Morgan fingerprint density at radius 3 is 1.15 bits per heavy atom. The van der Waals surface area contributed by atoms with E-state index in [0.29, 0.717) is 25.7 Å². The van der Waals surface area contributed by atoms with Crippen LogP contribution < -0.4 is 0 Å². The maximum atomic E-state index is 13.9. The van der Waals surface area contributed by atoms with Crippen molar-refractivity contribution < 1.29 is 66.6 Å². The predicted molar refractivity (Wildman–Crippen MR) is 286 cm³/mol. The van der Waals surface area contributed by atoms with Crippen LogP contribution in [0.2, 0.25) is 0 Å². The zero-order valence-electron chi connectivity index (χ0n) is 47.0. The Labute approximate surface area is 446 Å². The molecule has 3 amide bonds. The fourth-order valence-electron chi connectivity index (χ4n) is 9.72. The van der Waals surface area contributed by atoms with E-state index in [1.807, 2.05) is 0 Å². The molecule has 2 rings (SSSR count). The second kappa shape index (κ2) is 42.8. The predicted octanol–water partition coefficient (Wildman–Crippen LogP) is 14.0. The normalized spacial score (nSPS) is 19.4. The van der Waals surface area contributed by atoms with E-state index >= 15 is 0 Å². The monoisotopic (exact) mass is 1050 g/mol. The van der Waals surface area contributed by atoms with Crippen LogP contribution >= 0.6 is 0 Å². The van der Waals surface area contributed by atoms with Gasteiger partial charge in [0.05, 0.1) is 19.3 Å². The highest BCUT2D eigenvalue weighted by atomic mass is 16.7. The summed E-state index contributed by atoms with van der Waals surface area (Å²) in [5, 5.41) is 12.9. The average Bonchev–Trinajstić information content (AvgIpc) is 3.65. The van der Waals surface area contributed by atoms with Crippen LogP contribution in [0.15, 0.2) is 0 Å². The van der Waals surface area contributed by atoms with Gasteiger partial charge in [-0.2, -0.15) is 4.65 Å². The summed E-state index contributed by atoms with van der Waals surface area (Å²) in [6.45, 7) is 8.26. The number of quaternary nitrogens is 1. The molecule has 0 aromatic rings. The second-order valence-corrected chi connectivity index (χ2v) is 21.1. The average molecular weight is 1050 g/mol. The van der Waals surface area contributed by atoms with Crippen LogP contribution in [0.5, 0.6) is 0 Å². The standard InChI is InChI=1S/C59H103NO14/c1-5-9-13-17-21-25-29-33-40-52(64)70-47-48-56(72-53(65)41-34-30-26-22-18-14-10-6-2)57(73-54(66)42-35-31-27-23-19-15-11-7-3)58(74-55(67)43-36-32-28-24-20-16-12-8-4)59(71-48)69-46-38-37-39-49(61)60(68)50(62)44-45-51(60)63/h48,56-59H,5-47H2,1-4H3/t48-,56-,57+,58-,59-/m1/s1. The summed E-state index contributed by atoms with van der Waals surface area (Å²) in [5.74, 6) is -5.12. The summed E-state index contributed by atoms with van der Waals surface area (Å²) >= 11 is 0. The molecule has 0 N–H and O–H groups in total. The lowest BCUT2D eigenvalue weighted by molar-refractivity contribution is -0.641. The van der Waals surface area contributed by atoms with Gasteiger partial charge in [-0.15, -0.1) is 0 Å². The van der Waals surface area contributed by atoms with Crippen LogP contribution in [-0.4, -0.2) is 90.2 Å². The van der Waals surface area contributed by atoms with E-state index in [1.165, 1.54) is 64.2 Å². The van der Waals surface area contributed by atoms with Crippen molar-refractivity contribution in [2.24, 2.45) is 0 Å². The van der Waals surface area contributed by atoms with Gasteiger partial charge in [-0.25, -0.2) is 14.4 Å². The van der Waals surface area contributed by atoms with Gasteiger partial charge in [0, 0.05) is 32.3 Å². The quantitative estimate of drug-likeness (QED) is 0.0139. The number of rotatable bonds is 47. The SMILES string of the molecule is CCCCCCCCCCC(=O)OC[C@H]1O[C@@H](OCCCCC(=O)[N+]2([O-])C(=O)CCC2=O)[C@H](OC(=O)CCCCCCCCCC)[C@@H](OC(=O)CCCCCCCCCC)[C@@H]1OC(=O)CCCCCCCCCC. The minimum absolute atomic E-state index is 0.0761. The highest BCUT2D eigenvalue weighted by molar-refractivity contribution is 6.02. The maximum absolute atomic E-state index is 13.9. The van der Waals surface area contributed by atoms with Crippen LogP contribution in [0, 0.1) is 5.21 Å². The van der Waals surface area contributed by atoms with Crippen molar-refractivity contribution in [3.05, 3.63) is 5.21 Å². The van der Waals surface area contributed by atoms with Crippen molar-refractivity contribution in [1.29, 1.82) is 0 Å². The van der Waals surface area contributed by atoms with E-state index in [2.05, 4.69) is 27.7 Å². The number of nitrogens with zero attached hydrogens (tertiary/aromatic N) is 1. The third-order valence-corrected chi connectivity index (χ3v) is 14.4.